The summed E-state index contributed by atoms with van der Waals surface area (Å²) in [5.74, 6) is -6.22. The Hall–Kier alpha value is -2.52. The number of nitrogens with zero attached hydrogens (tertiary/aromatic N) is 1. The number of hydrogen-bond acceptors (Lipinski definition) is 3. The molecule has 2 heterocycles. The zero-order valence-electron chi connectivity index (χ0n) is 17.2. The van der Waals surface area contributed by atoms with Gasteiger partial charge in [-0.05, 0) is 50.0 Å². The predicted molar refractivity (Wildman–Crippen MR) is 107 cm³/mol. The molecule has 2 fully saturated rings. The Morgan fingerprint density at radius 2 is 1.84 bits per heavy atom. The van der Waals surface area contributed by atoms with Crippen LogP contribution in [0.2, 0.25) is 0 Å². The third-order valence-corrected chi connectivity index (χ3v) is 7.11. The fourth-order valence-corrected chi connectivity index (χ4v) is 5.54. The van der Waals surface area contributed by atoms with E-state index >= 15 is 0 Å². The summed E-state index contributed by atoms with van der Waals surface area (Å²) in [5, 5.41) is -0.00597. The van der Waals surface area contributed by atoms with Crippen LogP contribution in [-0.2, 0) is 0 Å². The van der Waals surface area contributed by atoms with Gasteiger partial charge in [-0.2, -0.15) is 13.2 Å². The summed E-state index contributed by atoms with van der Waals surface area (Å²) in [6.07, 6.45) is -2.91. The predicted octanol–water partition coefficient (Wildman–Crippen LogP) is 4.91. The molecule has 3 N–H and O–H groups in total. The van der Waals surface area contributed by atoms with Gasteiger partial charge in [0.1, 0.15) is 5.69 Å². The van der Waals surface area contributed by atoms with Crippen molar-refractivity contribution in [2.24, 2.45) is 23.5 Å². The first-order valence-corrected chi connectivity index (χ1v) is 10.7. The SMILES string of the molecule is NC(=O)c1nccc2[nH]c([C@@H]3CC(F)(F)CC[C@H]3C3CCC(C(F)(F)F)CC3)cc(=O)c12. The van der Waals surface area contributed by atoms with Crippen LogP contribution < -0.4 is 11.2 Å². The molecule has 0 spiro atoms. The third kappa shape index (κ3) is 4.36. The summed E-state index contributed by atoms with van der Waals surface area (Å²) in [6, 6.07) is 2.67. The number of aromatic amines is 1. The molecule has 2 aromatic heterocycles. The number of nitrogens with one attached hydrogen (secondary N) is 1. The molecule has 174 valence electrons. The molecule has 2 atom stereocenters. The van der Waals surface area contributed by atoms with E-state index in [2.05, 4.69) is 9.97 Å². The Balaban J connectivity index is 1.68. The van der Waals surface area contributed by atoms with Crippen LogP contribution in [0.3, 0.4) is 0 Å². The van der Waals surface area contributed by atoms with Crippen molar-refractivity contribution in [3.05, 3.63) is 39.9 Å². The number of carbonyl (C=O) groups excluding carboxylic acids is 1. The molecular weight excluding hydrogens is 433 g/mol. The lowest BCUT2D eigenvalue weighted by atomic mass is 9.65. The van der Waals surface area contributed by atoms with Crippen LogP contribution in [0.1, 0.15) is 67.0 Å². The average molecular weight is 457 g/mol. The lowest BCUT2D eigenvalue weighted by Gasteiger charge is -2.43. The monoisotopic (exact) mass is 457 g/mol. The molecule has 1 amide bonds. The van der Waals surface area contributed by atoms with Crippen molar-refractivity contribution in [3.63, 3.8) is 0 Å². The van der Waals surface area contributed by atoms with Crippen molar-refractivity contribution in [1.82, 2.24) is 9.97 Å². The molecule has 32 heavy (non-hydrogen) atoms. The summed E-state index contributed by atoms with van der Waals surface area (Å²) in [5.41, 5.74) is 5.12. The van der Waals surface area contributed by atoms with Crippen LogP contribution in [0.5, 0.6) is 0 Å². The Morgan fingerprint density at radius 3 is 2.47 bits per heavy atom. The van der Waals surface area contributed by atoms with Gasteiger partial charge in [-0.3, -0.25) is 14.6 Å². The van der Waals surface area contributed by atoms with Crippen molar-refractivity contribution in [2.45, 2.75) is 63.0 Å². The topological polar surface area (TPSA) is 88.8 Å². The Morgan fingerprint density at radius 1 is 1.16 bits per heavy atom. The number of primary amides is 1. The van der Waals surface area contributed by atoms with E-state index in [0.717, 1.165) is 0 Å². The van der Waals surface area contributed by atoms with Gasteiger partial charge in [0.05, 0.1) is 16.8 Å². The zero-order valence-corrected chi connectivity index (χ0v) is 17.2. The number of rotatable bonds is 3. The summed E-state index contributed by atoms with van der Waals surface area (Å²) >= 11 is 0. The molecule has 0 bridgehead atoms. The molecule has 2 saturated carbocycles. The minimum Gasteiger partial charge on any atom is -0.364 e. The largest absolute Gasteiger partial charge is 0.391 e. The first kappa shape index (κ1) is 22.7. The quantitative estimate of drug-likeness (QED) is 0.642. The van der Waals surface area contributed by atoms with Crippen LogP contribution >= 0.6 is 0 Å². The second-order valence-corrected chi connectivity index (χ2v) is 9.06. The van der Waals surface area contributed by atoms with Gasteiger partial charge in [0.25, 0.3) is 5.91 Å². The van der Waals surface area contributed by atoms with Crippen LogP contribution in [0.15, 0.2) is 23.1 Å². The minimum atomic E-state index is -4.24. The zero-order chi connectivity index (χ0) is 23.3. The van der Waals surface area contributed by atoms with E-state index < -0.39 is 41.7 Å². The number of carbonyl (C=O) groups is 1. The van der Waals surface area contributed by atoms with Crippen LogP contribution in [0, 0.1) is 17.8 Å². The van der Waals surface area contributed by atoms with E-state index in [1.807, 2.05) is 0 Å². The Bertz CT molecular complexity index is 1070. The van der Waals surface area contributed by atoms with Gasteiger partial charge in [-0.15, -0.1) is 0 Å². The van der Waals surface area contributed by atoms with Gasteiger partial charge in [-0.1, -0.05) is 0 Å². The molecule has 0 aliphatic heterocycles. The summed E-state index contributed by atoms with van der Waals surface area (Å²) in [6.45, 7) is 0. The van der Waals surface area contributed by atoms with Gasteiger partial charge in [0.15, 0.2) is 5.43 Å². The highest BCUT2D eigenvalue weighted by atomic mass is 19.4. The van der Waals surface area contributed by atoms with Crippen molar-refractivity contribution in [3.8, 4) is 0 Å². The molecule has 2 aliphatic rings. The van der Waals surface area contributed by atoms with Crippen molar-refractivity contribution in [2.75, 3.05) is 0 Å². The van der Waals surface area contributed by atoms with Crippen LogP contribution in [0.4, 0.5) is 22.0 Å². The van der Waals surface area contributed by atoms with Gasteiger partial charge in [-0.25, -0.2) is 8.78 Å². The number of aromatic nitrogens is 2. The van der Waals surface area contributed by atoms with Crippen molar-refractivity contribution < 1.29 is 26.7 Å². The number of amides is 1. The molecule has 10 heteroatoms. The number of halogens is 5. The normalized spacial score (nSPS) is 28.5. The Kier molecular flexibility index (Phi) is 5.75. The second-order valence-electron chi connectivity index (χ2n) is 9.06. The first-order chi connectivity index (χ1) is 15.0. The average Bonchev–Trinajstić information content (AvgIpc) is 2.72. The number of H-pyrrole nitrogens is 1. The van der Waals surface area contributed by atoms with Gasteiger partial charge in [0.2, 0.25) is 5.92 Å². The standard InChI is InChI=1S/C22H24F5N3O2/c23-21(24)7-5-13(11-1-3-12(4-2-11)22(25,26)27)14(10-21)16-9-17(31)18-15(30-16)6-8-29-19(18)20(28)32/h6,8-9,11-14H,1-5,7,10H2,(H2,28,32)(H,30,31)/t11?,12?,13-,14+/m0/s1. The number of alkyl halides is 5. The maximum Gasteiger partial charge on any atom is 0.391 e. The minimum absolute atomic E-state index is 0.00430. The molecule has 2 aliphatic carbocycles. The summed E-state index contributed by atoms with van der Waals surface area (Å²) < 4.78 is 67.9. The maximum atomic E-state index is 14.4. The highest BCUT2D eigenvalue weighted by Crippen LogP contribution is 2.52. The molecule has 2 aromatic rings. The number of hydrogen-bond donors (Lipinski definition) is 2. The lowest BCUT2D eigenvalue weighted by Crippen LogP contribution is -2.38. The number of fused-ring (bicyclic) bond motifs is 1. The van der Waals surface area contributed by atoms with Crippen molar-refractivity contribution in [1.29, 1.82) is 0 Å². The van der Waals surface area contributed by atoms with Gasteiger partial charge in [0, 0.05) is 36.7 Å². The van der Waals surface area contributed by atoms with Gasteiger partial charge >= 0.3 is 6.18 Å². The third-order valence-electron chi connectivity index (χ3n) is 7.11. The van der Waals surface area contributed by atoms with Gasteiger partial charge < -0.3 is 10.7 Å². The Labute approximate surface area is 180 Å². The molecule has 0 radical (unpaired) electrons. The lowest BCUT2D eigenvalue weighted by molar-refractivity contribution is -0.185. The van der Waals surface area contributed by atoms with E-state index in [0.29, 0.717) is 18.5 Å². The maximum absolute atomic E-state index is 14.4. The van der Waals surface area contributed by atoms with E-state index in [1.165, 1.54) is 18.3 Å². The van der Waals surface area contributed by atoms with E-state index in [-0.39, 0.29) is 54.1 Å². The summed E-state index contributed by atoms with van der Waals surface area (Å²) in [7, 11) is 0. The van der Waals surface area contributed by atoms with E-state index in [1.54, 1.807) is 0 Å². The molecule has 0 unspecified atom stereocenters. The van der Waals surface area contributed by atoms with E-state index in [4.69, 9.17) is 5.73 Å². The number of pyridine rings is 2. The fourth-order valence-electron chi connectivity index (χ4n) is 5.54. The summed E-state index contributed by atoms with van der Waals surface area (Å²) in [4.78, 5) is 31.3. The highest BCUT2D eigenvalue weighted by Gasteiger charge is 2.48. The molecule has 0 saturated heterocycles. The van der Waals surface area contributed by atoms with Crippen LogP contribution in [-0.4, -0.2) is 28.0 Å². The van der Waals surface area contributed by atoms with Crippen LogP contribution in [0.25, 0.3) is 10.9 Å². The first-order valence-electron chi connectivity index (χ1n) is 10.7. The molecule has 4 rings (SSSR count). The molecule has 0 aromatic carbocycles. The second kappa shape index (κ2) is 8.12. The highest BCUT2D eigenvalue weighted by molar-refractivity contribution is 6.03. The fraction of sp³-hybridized carbons (Fsp3) is 0.591. The smallest absolute Gasteiger partial charge is 0.364 e. The van der Waals surface area contributed by atoms with E-state index in [9.17, 15) is 31.5 Å². The molecule has 5 nitrogen and oxygen atoms in total. The molecular formula is C22H24F5N3O2. The van der Waals surface area contributed by atoms with Crippen molar-refractivity contribution >= 4 is 16.8 Å². The number of nitrogens with two attached hydrogens (primary N) is 1.